The molecule has 0 atom stereocenters. The number of nitro benzene ring substituents is 1. The van der Waals surface area contributed by atoms with E-state index in [1.54, 1.807) is 12.1 Å². The van der Waals surface area contributed by atoms with Gasteiger partial charge in [0.1, 0.15) is 0 Å². The number of carbonyl (C=O) groups excluding carboxylic acids is 1. The smallest absolute Gasteiger partial charge is 0.315 e. The molecule has 1 aliphatic heterocycles. The third-order valence-electron chi connectivity index (χ3n) is 4.47. The van der Waals surface area contributed by atoms with Crippen molar-refractivity contribution in [1.82, 2.24) is 5.43 Å². The molecule has 28 heavy (non-hydrogen) atoms. The third-order valence-corrected chi connectivity index (χ3v) is 4.47. The molecule has 9 heteroatoms. The number of methoxy groups -OCH3 is 1. The summed E-state index contributed by atoms with van der Waals surface area (Å²) in [6, 6.07) is 9.78. The van der Waals surface area contributed by atoms with Gasteiger partial charge in [-0.3, -0.25) is 14.9 Å². The predicted octanol–water partition coefficient (Wildman–Crippen LogP) is 2.67. The largest absolute Gasteiger partial charge is 0.500 e. The minimum Gasteiger partial charge on any atom is -0.500 e. The van der Waals surface area contributed by atoms with Crippen LogP contribution in [0.2, 0.25) is 0 Å². The summed E-state index contributed by atoms with van der Waals surface area (Å²) < 4.78 is 4.92. The molecule has 2 aromatic carbocycles. The summed E-state index contributed by atoms with van der Waals surface area (Å²) in [5.74, 6) is -1.02. The van der Waals surface area contributed by atoms with Gasteiger partial charge >= 0.3 is 5.69 Å². The van der Waals surface area contributed by atoms with Gasteiger partial charge in [0.05, 0.1) is 18.2 Å². The van der Waals surface area contributed by atoms with Crippen molar-refractivity contribution in [3.8, 4) is 11.5 Å². The second kappa shape index (κ2) is 8.38. The van der Waals surface area contributed by atoms with Crippen molar-refractivity contribution >= 4 is 23.5 Å². The number of nitrogens with zero attached hydrogens (tertiary/aromatic N) is 3. The van der Waals surface area contributed by atoms with Crippen LogP contribution in [0, 0.1) is 10.1 Å². The number of hydrogen-bond donors (Lipinski definition) is 2. The molecule has 0 unspecified atom stereocenters. The van der Waals surface area contributed by atoms with Crippen molar-refractivity contribution in [3.05, 3.63) is 57.6 Å². The van der Waals surface area contributed by atoms with Crippen molar-refractivity contribution in [3.63, 3.8) is 0 Å². The van der Waals surface area contributed by atoms with Gasteiger partial charge in [-0.2, -0.15) is 5.10 Å². The number of carbonyl (C=O) groups is 1. The lowest BCUT2D eigenvalue weighted by Crippen LogP contribution is -2.19. The van der Waals surface area contributed by atoms with Gasteiger partial charge in [0.2, 0.25) is 5.75 Å². The van der Waals surface area contributed by atoms with E-state index in [9.17, 15) is 20.0 Å². The SMILES string of the molecule is COc1cc(/C=N\NC(=O)c2ccc(N3CCCC3)cc2)cc([N+](=O)[O-])c1O. The van der Waals surface area contributed by atoms with Crippen LogP contribution in [0.4, 0.5) is 11.4 Å². The molecular weight excluding hydrogens is 364 g/mol. The molecule has 0 saturated carbocycles. The third kappa shape index (κ3) is 4.20. The molecule has 146 valence electrons. The summed E-state index contributed by atoms with van der Waals surface area (Å²) in [5, 5.41) is 24.6. The number of phenolic OH excluding ortho intramolecular Hbond substituents is 1. The van der Waals surface area contributed by atoms with Crippen LogP contribution in [0.1, 0.15) is 28.8 Å². The molecule has 0 spiro atoms. The van der Waals surface area contributed by atoms with Crippen LogP contribution in [-0.4, -0.2) is 42.4 Å². The Balaban J connectivity index is 1.67. The first kappa shape index (κ1) is 19.2. The second-order valence-electron chi connectivity index (χ2n) is 6.29. The molecule has 1 amide bonds. The molecule has 2 N–H and O–H groups in total. The van der Waals surface area contributed by atoms with Crippen molar-refractivity contribution in [2.24, 2.45) is 5.10 Å². The molecular formula is C19H20N4O5. The van der Waals surface area contributed by atoms with Crippen molar-refractivity contribution in [2.45, 2.75) is 12.8 Å². The fourth-order valence-electron chi connectivity index (χ4n) is 3.01. The van der Waals surface area contributed by atoms with E-state index in [1.165, 1.54) is 32.2 Å². The predicted molar refractivity (Wildman–Crippen MR) is 104 cm³/mol. The Morgan fingerprint density at radius 2 is 1.96 bits per heavy atom. The number of hydrazone groups is 1. The topological polar surface area (TPSA) is 117 Å². The van der Waals surface area contributed by atoms with E-state index in [-0.39, 0.29) is 5.75 Å². The fourth-order valence-corrected chi connectivity index (χ4v) is 3.01. The molecule has 1 fully saturated rings. The maximum atomic E-state index is 12.2. The lowest BCUT2D eigenvalue weighted by molar-refractivity contribution is -0.386. The van der Waals surface area contributed by atoms with Crippen LogP contribution in [0.15, 0.2) is 41.5 Å². The Hall–Kier alpha value is -3.62. The summed E-state index contributed by atoms with van der Waals surface area (Å²) in [4.78, 5) is 24.8. The van der Waals surface area contributed by atoms with Crippen LogP contribution in [-0.2, 0) is 0 Å². The van der Waals surface area contributed by atoms with Gasteiger partial charge in [0.15, 0.2) is 5.75 Å². The summed E-state index contributed by atoms with van der Waals surface area (Å²) in [7, 11) is 1.29. The summed E-state index contributed by atoms with van der Waals surface area (Å²) in [6.07, 6.45) is 3.60. The van der Waals surface area contributed by atoms with E-state index < -0.39 is 22.3 Å². The van der Waals surface area contributed by atoms with Gasteiger partial charge in [0, 0.05) is 36.0 Å². The first-order valence-electron chi connectivity index (χ1n) is 8.73. The fraction of sp³-hybridized carbons (Fsp3) is 0.263. The second-order valence-corrected chi connectivity index (χ2v) is 6.29. The number of anilines is 1. The van der Waals surface area contributed by atoms with Crippen LogP contribution in [0.5, 0.6) is 11.5 Å². The molecule has 0 aromatic heterocycles. The van der Waals surface area contributed by atoms with Crippen LogP contribution in [0.3, 0.4) is 0 Å². The number of rotatable bonds is 6. The zero-order valence-electron chi connectivity index (χ0n) is 15.3. The van der Waals surface area contributed by atoms with Gasteiger partial charge in [-0.1, -0.05) is 0 Å². The van der Waals surface area contributed by atoms with Crippen LogP contribution < -0.4 is 15.1 Å². The van der Waals surface area contributed by atoms with Gasteiger partial charge in [-0.05, 0) is 43.2 Å². The Morgan fingerprint density at radius 3 is 2.57 bits per heavy atom. The van der Waals surface area contributed by atoms with Crippen molar-refractivity contribution < 1.29 is 19.6 Å². The summed E-state index contributed by atoms with van der Waals surface area (Å²) in [6.45, 7) is 2.05. The normalized spacial score (nSPS) is 13.7. The van der Waals surface area contributed by atoms with E-state index in [2.05, 4.69) is 15.4 Å². The summed E-state index contributed by atoms with van der Waals surface area (Å²) >= 11 is 0. The minimum absolute atomic E-state index is 0.0560. The number of amides is 1. The molecule has 0 aliphatic carbocycles. The number of ether oxygens (including phenoxy) is 1. The van der Waals surface area contributed by atoms with Gasteiger partial charge in [-0.15, -0.1) is 0 Å². The number of aromatic hydroxyl groups is 1. The Labute approximate surface area is 161 Å². The van der Waals surface area contributed by atoms with Crippen LogP contribution in [0.25, 0.3) is 0 Å². The van der Waals surface area contributed by atoms with E-state index in [4.69, 9.17) is 4.74 Å². The van der Waals surface area contributed by atoms with Crippen molar-refractivity contribution in [1.29, 1.82) is 0 Å². The van der Waals surface area contributed by atoms with E-state index in [0.29, 0.717) is 11.1 Å². The van der Waals surface area contributed by atoms with E-state index >= 15 is 0 Å². The molecule has 1 heterocycles. The molecule has 3 rings (SSSR count). The molecule has 9 nitrogen and oxygen atoms in total. The molecule has 1 aliphatic rings. The quantitative estimate of drug-likeness (QED) is 0.449. The van der Waals surface area contributed by atoms with Crippen LogP contribution >= 0.6 is 0 Å². The summed E-state index contributed by atoms with van der Waals surface area (Å²) in [5.41, 5.74) is 3.71. The van der Waals surface area contributed by atoms with Gasteiger partial charge in [-0.25, -0.2) is 5.43 Å². The zero-order chi connectivity index (χ0) is 20.1. The Kier molecular flexibility index (Phi) is 5.73. The van der Waals surface area contributed by atoms with E-state index in [1.807, 2.05) is 12.1 Å². The lowest BCUT2D eigenvalue weighted by Gasteiger charge is -2.17. The average Bonchev–Trinajstić information content (AvgIpc) is 3.23. The highest BCUT2D eigenvalue weighted by molar-refractivity contribution is 5.95. The van der Waals surface area contributed by atoms with E-state index in [0.717, 1.165) is 24.8 Å². The number of nitro groups is 1. The lowest BCUT2D eigenvalue weighted by atomic mass is 10.2. The zero-order valence-corrected chi connectivity index (χ0v) is 15.3. The highest BCUT2D eigenvalue weighted by Crippen LogP contribution is 2.36. The number of benzene rings is 2. The standard InChI is InChI=1S/C19H20N4O5/c1-28-17-11-13(10-16(18(17)24)23(26)27)12-20-21-19(25)14-4-6-15(7-5-14)22-8-2-3-9-22/h4-7,10-12,24H,2-3,8-9H2,1H3,(H,21,25)/b20-12-. The number of phenols is 1. The van der Waals surface area contributed by atoms with Gasteiger partial charge in [0.25, 0.3) is 5.91 Å². The Bertz CT molecular complexity index is 905. The molecule has 0 bridgehead atoms. The first-order valence-corrected chi connectivity index (χ1v) is 8.73. The highest BCUT2D eigenvalue weighted by Gasteiger charge is 2.19. The average molecular weight is 384 g/mol. The number of nitrogens with one attached hydrogen (secondary N) is 1. The maximum absolute atomic E-state index is 12.2. The number of hydrogen-bond acceptors (Lipinski definition) is 7. The van der Waals surface area contributed by atoms with Crippen molar-refractivity contribution in [2.75, 3.05) is 25.1 Å². The van der Waals surface area contributed by atoms with Gasteiger partial charge < -0.3 is 14.7 Å². The highest BCUT2D eigenvalue weighted by atomic mass is 16.6. The molecule has 0 radical (unpaired) electrons. The Morgan fingerprint density at radius 1 is 1.29 bits per heavy atom. The maximum Gasteiger partial charge on any atom is 0.315 e. The minimum atomic E-state index is -0.726. The first-order chi connectivity index (χ1) is 13.5. The monoisotopic (exact) mass is 384 g/mol. The molecule has 1 saturated heterocycles. The molecule has 2 aromatic rings.